The topological polar surface area (TPSA) is 89.6 Å². The fraction of sp³-hybridized carbons (Fsp3) is 0.154. The summed E-state index contributed by atoms with van der Waals surface area (Å²) >= 11 is 0. The van der Waals surface area contributed by atoms with Crippen LogP contribution in [-0.2, 0) is 6.42 Å². The van der Waals surface area contributed by atoms with Crippen LogP contribution in [0.3, 0.4) is 0 Å². The maximum Gasteiger partial charge on any atom is 0.280 e. The molecule has 6 nitrogen and oxygen atoms in total. The predicted molar refractivity (Wildman–Crippen MR) is 73.3 cm³/mol. The van der Waals surface area contributed by atoms with E-state index in [1.807, 2.05) is 24.3 Å². The summed E-state index contributed by atoms with van der Waals surface area (Å²) in [7, 11) is 0. The van der Waals surface area contributed by atoms with Crippen molar-refractivity contribution in [2.24, 2.45) is 0 Å². The third-order valence-corrected chi connectivity index (χ3v) is 3.05. The number of anilines is 1. The number of nitrogen functional groups attached to an aromatic ring is 1. The molecule has 0 fully saturated rings. The summed E-state index contributed by atoms with van der Waals surface area (Å²) in [5.74, 6) is 0.0874. The van der Waals surface area contributed by atoms with Crippen LogP contribution >= 0.6 is 0 Å². The summed E-state index contributed by atoms with van der Waals surface area (Å²) in [6, 6.07) is 8.02. The normalized spacial score (nSPS) is 11.0. The number of nitrogens with zero attached hydrogens (tertiary/aromatic N) is 3. The van der Waals surface area contributed by atoms with Gasteiger partial charge in [-0.25, -0.2) is 4.98 Å². The van der Waals surface area contributed by atoms with E-state index in [0.29, 0.717) is 5.65 Å². The zero-order valence-electron chi connectivity index (χ0n) is 10.4. The van der Waals surface area contributed by atoms with Crippen molar-refractivity contribution in [1.82, 2.24) is 19.5 Å². The largest absolute Gasteiger partial charge is 0.369 e. The average molecular weight is 255 g/mol. The average Bonchev–Trinajstić information content (AvgIpc) is 2.83. The molecular weight excluding hydrogens is 242 g/mol. The van der Waals surface area contributed by atoms with Gasteiger partial charge < -0.3 is 5.73 Å². The molecule has 0 aliphatic carbocycles. The number of aromatic nitrogens is 4. The zero-order valence-corrected chi connectivity index (χ0v) is 10.4. The molecule has 3 N–H and O–H groups in total. The molecule has 0 aliphatic rings. The quantitative estimate of drug-likeness (QED) is 0.721. The number of nitrogens with two attached hydrogens (primary N) is 1. The fourth-order valence-corrected chi connectivity index (χ4v) is 2.01. The number of hydrogen-bond donors (Lipinski definition) is 2. The van der Waals surface area contributed by atoms with Gasteiger partial charge in [-0.15, -0.1) is 0 Å². The van der Waals surface area contributed by atoms with Crippen molar-refractivity contribution in [2.75, 3.05) is 5.73 Å². The lowest BCUT2D eigenvalue weighted by molar-refractivity contribution is 1.05. The highest BCUT2D eigenvalue weighted by molar-refractivity contribution is 5.72. The summed E-state index contributed by atoms with van der Waals surface area (Å²) in [6.45, 7) is 2.10. The minimum absolute atomic E-state index is 0.0874. The summed E-state index contributed by atoms with van der Waals surface area (Å²) in [6.07, 6.45) is 2.56. The van der Waals surface area contributed by atoms with Crippen LogP contribution in [0.4, 0.5) is 5.95 Å². The number of benzene rings is 1. The maximum atomic E-state index is 11.7. The molecule has 0 aliphatic heterocycles. The monoisotopic (exact) mass is 255 g/mol. The van der Waals surface area contributed by atoms with E-state index in [4.69, 9.17) is 5.73 Å². The molecule has 19 heavy (non-hydrogen) atoms. The van der Waals surface area contributed by atoms with Gasteiger partial charge in [0.2, 0.25) is 5.95 Å². The van der Waals surface area contributed by atoms with Gasteiger partial charge in [0, 0.05) is 5.69 Å². The molecule has 0 saturated heterocycles. The van der Waals surface area contributed by atoms with Crippen LogP contribution in [0, 0.1) is 0 Å². The van der Waals surface area contributed by atoms with Crippen LogP contribution in [0.15, 0.2) is 35.4 Å². The van der Waals surface area contributed by atoms with Gasteiger partial charge in [-0.2, -0.15) is 4.98 Å². The molecule has 0 atom stereocenters. The Hall–Kier alpha value is -2.63. The van der Waals surface area contributed by atoms with Crippen LogP contribution < -0.4 is 11.3 Å². The first-order valence-corrected chi connectivity index (χ1v) is 6.01. The highest BCUT2D eigenvalue weighted by atomic mass is 16.1. The molecule has 0 amide bonds. The van der Waals surface area contributed by atoms with Crippen LogP contribution in [0.25, 0.3) is 16.9 Å². The Morgan fingerprint density at radius 2 is 2.05 bits per heavy atom. The second kappa shape index (κ2) is 4.24. The molecule has 1 aromatic carbocycles. The molecule has 0 spiro atoms. The van der Waals surface area contributed by atoms with E-state index in [0.717, 1.165) is 12.1 Å². The first kappa shape index (κ1) is 11.5. The minimum atomic E-state index is -0.327. The predicted octanol–water partition coefficient (Wildman–Crippen LogP) is 1.25. The van der Waals surface area contributed by atoms with Gasteiger partial charge in [0.15, 0.2) is 11.2 Å². The molecule has 3 rings (SSSR count). The number of nitrogens with one attached hydrogen (secondary N) is 1. The molecular formula is C13H13N5O. The second-order valence-electron chi connectivity index (χ2n) is 4.26. The molecule has 0 radical (unpaired) electrons. The van der Waals surface area contributed by atoms with Crippen molar-refractivity contribution in [2.45, 2.75) is 13.3 Å². The number of aromatic amines is 1. The van der Waals surface area contributed by atoms with Gasteiger partial charge >= 0.3 is 0 Å². The van der Waals surface area contributed by atoms with Crippen LogP contribution in [0.1, 0.15) is 12.5 Å². The number of rotatable bonds is 2. The zero-order chi connectivity index (χ0) is 13.4. The van der Waals surface area contributed by atoms with E-state index in [1.165, 1.54) is 5.56 Å². The third-order valence-electron chi connectivity index (χ3n) is 3.05. The number of H-pyrrole nitrogens is 1. The number of fused-ring (bicyclic) bond motifs is 1. The van der Waals surface area contributed by atoms with Crippen molar-refractivity contribution in [1.29, 1.82) is 0 Å². The molecule has 3 aromatic rings. The number of aryl methyl sites for hydroxylation is 1. The smallest absolute Gasteiger partial charge is 0.280 e. The maximum absolute atomic E-state index is 11.7. The van der Waals surface area contributed by atoms with Crippen molar-refractivity contribution in [3.05, 3.63) is 46.5 Å². The van der Waals surface area contributed by atoms with Gasteiger partial charge in [0.05, 0.1) is 0 Å². The van der Waals surface area contributed by atoms with Gasteiger partial charge in [-0.1, -0.05) is 19.1 Å². The molecule has 0 saturated carbocycles. The Labute approximate surface area is 108 Å². The highest BCUT2D eigenvalue weighted by Gasteiger charge is 2.10. The van der Waals surface area contributed by atoms with E-state index in [-0.39, 0.29) is 17.0 Å². The van der Waals surface area contributed by atoms with Crippen molar-refractivity contribution < 1.29 is 0 Å². The van der Waals surface area contributed by atoms with E-state index in [9.17, 15) is 4.79 Å². The van der Waals surface area contributed by atoms with Crippen molar-refractivity contribution >= 4 is 17.1 Å². The minimum Gasteiger partial charge on any atom is -0.369 e. The molecule has 6 heteroatoms. The Balaban J connectivity index is 2.22. The highest BCUT2D eigenvalue weighted by Crippen LogP contribution is 2.15. The van der Waals surface area contributed by atoms with E-state index < -0.39 is 0 Å². The Morgan fingerprint density at radius 3 is 2.74 bits per heavy atom. The van der Waals surface area contributed by atoms with Crippen molar-refractivity contribution in [3.8, 4) is 5.69 Å². The summed E-state index contributed by atoms with van der Waals surface area (Å²) in [5.41, 5.74) is 8.14. The summed E-state index contributed by atoms with van der Waals surface area (Å²) in [4.78, 5) is 22.3. The molecule has 2 heterocycles. The van der Waals surface area contributed by atoms with E-state index in [1.54, 1.807) is 10.9 Å². The van der Waals surface area contributed by atoms with Gasteiger partial charge in [0.25, 0.3) is 5.56 Å². The first-order chi connectivity index (χ1) is 9.19. The van der Waals surface area contributed by atoms with Crippen LogP contribution in [0.2, 0.25) is 0 Å². The molecule has 0 bridgehead atoms. The second-order valence-corrected chi connectivity index (χ2v) is 4.26. The Bertz CT molecular complexity index is 785. The lowest BCUT2D eigenvalue weighted by atomic mass is 10.1. The number of imidazole rings is 1. The molecule has 0 unspecified atom stereocenters. The van der Waals surface area contributed by atoms with Crippen LogP contribution in [-0.4, -0.2) is 19.5 Å². The number of hydrogen-bond acceptors (Lipinski definition) is 4. The van der Waals surface area contributed by atoms with E-state index in [2.05, 4.69) is 21.9 Å². The van der Waals surface area contributed by atoms with Gasteiger partial charge in [-0.05, 0) is 24.1 Å². The lowest BCUT2D eigenvalue weighted by Crippen LogP contribution is -2.12. The van der Waals surface area contributed by atoms with Gasteiger partial charge in [0.1, 0.15) is 6.33 Å². The third kappa shape index (κ3) is 1.87. The van der Waals surface area contributed by atoms with Gasteiger partial charge in [-0.3, -0.25) is 14.3 Å². The Kier molecular flexibility index (Phi) is 2.56. The SMILES string of the molecule is CCc1ccc(-n2cnc3c(=O)[nH]c(N)nc32)cc1. The summed E-state index contributed by atoms with van der Waals surface area (Å²) in [5, 5.41) is 0. The summed E-state index contributed by atoms with van der Waals surface area (Å²) < 4.78 is 1.75. The van der Waals surface area contributed by atoms with Crippen LogP contribution in [0.5, 0.6) is 0 Å². The van der Waals surface area contributed by atoms with Crippen molar-refractivity contribution in [3.63, 3.8) is 0 Å². The lowest BCUT2D eigenvalue weighted by Gasteiger charge is -2.04. The fourth-order valence-electron chi connectivity index (χ4n) is 2.01. The standard InChI is InChI=1S/C13H13N5O/c1-2-8-3-5-9(6-4-8)18-7-15-10-11(18)16-13(14)17-12(10)19/h3-7H,2H2,1H3,(H3,14,16,17,19). The Morgan fingerprint density at radius 1 is 1.32 bits per heavy atom. The van der Waals surface area contributed by atoms with E-state index >= 15 is 0 Å². The molecule has 96 valence electrons. The first-order valence-electron chi connectivity index (χ1n) is 6.01. The molecule has 2 aromatic heterocycles.